The van der Waals surface area contributed by atoms with Crippen LogP contribution in [-0.2, 0) is 0 Å². The molecule has 37 heavy (non-hydrogen) atoms. The highest BCUT2D eigenvalue weighted by Crippen LogP contribution is 2.17. The van der Waals surface area contributed by atoms with Crippen LogP contribution in [0.25, 0.3) is 0 Å². The minimum absolute atomic E-state index is 0.0791. The summed E-state index contributed by atoms with van der Waals surface area (Å²) in [4.78, 5) is 58.8. The number of nitrogens with one attached hydrogen (secondary N) is 2. The maximum absolute atomic E-state index is 13.0. The number of non-ortho nitro benzene ring substituents is 2. The molecule has 198 valence electrons. The van der Waals surface area contributed by atoms with Gasteiger partial charge >= 0.3 is 0 Å². The van der Waals surface area contributed by atoms with Gasteiger partial charge in [-0.3, -0.25) is 34.7 Å². The summed E-state index contributed by atoms with van der Waals surface area (Å²) in [5.41, 5.74) is -1.81. The molecule has 0 aromatic heterocycles. The van der Waals surface area contributed by atoms with Gasteiger partial charge in [-0.05, 0) is 50.1 Å². The maximum atomic E-state index is 13.0. The fourth-order valence-electron chi connectivity index (χ4n) is 3.43. The molecule has 13 nitrogen and oxygen atoms in total. The molecule has 0 spiro atoms. The van der Waals surface area contributed by atoms with Crippen molar-refractivity contribution in [1.29, 1.82) is 0 Å². The van der Waals surface area contributed by atoms with Crippen molar-refractivity contribution in [3.05, 3.63) is 79.9 Å². The van der Waals surface area contributed by atoms with E-state index in [1.54, 1.807) is 0 Å². The van der Waals surface area contributed by atoms with E-state index in [2.05, 4.69) is 10.6 Å². The van der Waals surface area contributed by atoms with E-state index in [1.807, 2.05) is 13.8 Å². The van der Waals surface area contributed by atoms with E-state index in [1.165, 1.54) is 31.2 Å². The fourth-order valence-corrected chi connectivity index (χ4v) is 3.43. The van der Waals surface area contributed by atoms with Crippen molar-refractivity contribution in [2.75, 3.05) is 19.6 Å². The smallest absolute Gasteiger partial charge is 0.269 e. The summed E-state index contributed by atoms with van der Waals surface area (Å²) in [7, 11) is 0. The van der Waals surface area contributed by atoms with E-state index in [0.717, 1.165) is 30.7 Å². The first-order valence-corrected chi connectivity index (χ1v) is 11.4. The van der Waals surface area contributed by atoms with Gasteiger partial charge in [-0.1, -0.05) is 13.8 Å². The van der Waals surface area contributed by atoms with Crippen LogP contribution in [0, 0.1) is 26.1 Å². The Morgan fingerprint density at radius 2 is 1.41 bits per heavy atom. The molecule has 0 radical (unpaired) electrons. The van der Waals surface area contributed by atoms with E-state index in [4.69, 9.17) is 0 Å². The Hall–Kier alpha value is -4.39. The standard InChI is InChI=1S/C24H29N5O8/c1-16(2)12-13-25-14-24(3,26-21(30)17-4-8-19(9-5-17)28(34)35)15-27(23(32)33)22(31)18-6-10-20(11-7-18)29(36)37/h4-11,16,25H,12-15H2,1-3H3,(H,26,30)(H,32,33)/p-1. The maximum Gasteiger partial charge on any atom is 0.269 e. The third kappa shape index (κ3) is 8.35. The van der Waals surface area contributed by atoms with Gasteiger partial charge < -0.3 is 20.5 Å². The van der Waals surface area contributed by atoms with Gasteiger partial charge in [0.1, 0.15) is 6.09 Å². The average Bonchev–Trinajstić information content (AvgIpc) is 2.84. The van der Waals surface area contributed by atoms with Gasteiger partial charge in [0.15, 0.2) is 0 Å². The second kappa shape index (κ2) is 12.5. The number of nitro groups is 2. The molecule has 2 N–H and O–H groups in total. The Labute approximate surface area is 212 Å². The first-order valence-electron chi connectivity index (χ1n) is 11.4. The monoisotopic (exact) mass is 514 g/mol. The van der Waals surface area contributed by atoms with Crippen molar-refractivity contribution < 1.29 is 29.3 Å². The molecule has 13 heteroatoms. The predicted octanol–water partition coefficient (Wildman–Crippen LogP) is 2.11. The number of nitro benzene ring substituents is 2. The van der Waals surface area contributed by atoms with Crippen LogP contribution in [0.15, 0.2) is 48.5 Å². The van der Waals surface area contributed by atoms with Gasteiger partial charge in [-0.15, -0.1) is 0 Å². The number of hydrogen-bond acceptors (Lipinski definition) is 9. The predicted molar refractivity (Wildman–Crippen MR) is 131 cm³/mol. The zero-order valence-corrected chi connectivity index (χ0v) is 20.6. The number of benzene rings is 2. The lowest BCUT2D eigenvalue weighted by atomic mass is 9.99. The molecule has 0 bridgehead atoms. The molecular formula is C24H28N5O8-. The van der Waals surface area contributed by atoms with Crippen LogP contribution in [0.3, 0.4) is 0 Å². The summed E-state index contributed by atoms with van der Waals surface area (Å²) >= 11 is 0. The highest BCUT2D eigenvalue weighted by Gasteiger charge is 2.32. The van der Waals surface area contributed by atoms with Gasteiger partial charge in [0.25, 0.3) is 23.2 Å². The third-order valence-electron chi connectivity index (χ3n) is 5.47. The van der Waals surface area contributed by atoms with E-state index in [-0.39, 0.29) is 29.0 Å². The molecule has 0 saturated carbocycles. The molecule has 0 saturated heterocycles. The summed E-state index contributed by atoms with van der Waals surface area (Å²) in [6.45, 7) is 5.73. The normalized spacial score (nSPS) is 12.4. The number of amides is 3. The number of carbonyl (C=O) groups excluding carboxylic acids is 3. The first-order chi connectivity index (χ1) is 17.3. The minimum atomic E-state index is -1.82. The van der Waals surface area contributed by atoms with Gasteiger partial charge in [-0.2, -0.15) is 0 Å². The Balaban J connectivity index is 2.29. The summed E-state index contributed by atoms with van der Waals surface area (Å²) in [6, 6.07) is 9.26. The van der Waals surface area contributed by atoms with Crippen molar-refractivity contribution in [3.63, 3.8) is 0 Å². The van der Waals surface area contributed by atoms with E-state index in [0.29, 0.717) is 17.4 Å². The molecule has 1 atom stereocenters. The van der Waals surface area contributed by atoms with Crippen LogP contribution < -0.4 is 15.7 Å². The number of nitrogens with zero attached hydrogens (tertiary/aromatic N) is 3. The van der Waals surface area contributed by atoms with Crippen LogP contribution in [0.4, 0.5) is 16.2 Å². The molecule has 0 fully saturated rings. The second-order valence-corrected chi connectivity index (χ2v) is 9.14. The van der Waals surface area contributed by atoms with Crippen molar-refractivity contribution in [2.45, 2.75) is 32.7 Å². The molecular weight excluding hydrogens is 486 g/mol. The quantitative estimate of drug-likeness (QED) is 0.243. The SMILES string of the molecule is CC(C)CCNCC(C)(CN(C(=O)[O-])C(=O)c1ccc([N+](=O)[O-])cc1)NC(=O)c1ccc([N+](=O)[O-])cc1. The van der Waals surface area contributed by atoms with Crippen molar-refractivity contribution >= 4 is 29.3 Å². The molecule has 0 aliphatic carbocycles. The largest absolute Gasteiger partial charge is 0.530 e. The number of imide groups is 1. The van der Waals surface area contributed by atoms with Crippen LogP contribution in [0.2, 0.25) is 0 Å². The highest BCUT2D eigenvalue weighted by molar-refractivity contribution is 6.02. The number of carbonyl (C=O) groups is 3. The zero-order chi connectivity index (χ0) is 27.8. The fraction of sp³-hybridized carbons (Fsp3) is 0.375. The summed E-state index contributed by atoms with van der Waals surface area (Å²) in [5.74, 6) is -1.23. The Kier molecular flexibility index (Phi) is 9.77. The molecule has 1 unspecified atom stereocenters. The van der Waals surface area contributed by atoms with E-state index in [9.17, 15) is 39.7 Å². The molecule has 2 rings (SSSR count). The molecule has 0 aliphatic heterocycles. The van der Waals surface area contributed by atoms with Crippen molar-refractivity contribution in [3.8, 4) is 0 Å². The van der Waals surface area contributed by atoms with Crippen molar-refractivity contribution in [1.82, 2.24) is 15.5 Å². The lowest BCUT2D eigenvalue weighted by molar-refractivity contribution is -0.385. The Morgan fingerprint density at radius 1 is 0.919 bits per heavy atom. The second-order valence-electron chi connectivity index (χ2n) is 9.14. The Morgan fingerprint density at radius 3 is 1.84 bits per heavy atom. The Bertz CT molecular complexity index is 1150. The first kappa shape index (κ1) is 28.8. The third-order valence-corrected chi connectivity index (χ3v) is 5.47. The lowest BCUT2D eigenvalue weighted by Gasteiger charge is -2.37. The lowest BCUT2D eigenvalue weighted by Crippen LogP contribution is -2.62. The molecule has 2 aromatic rings. The van der Waals surface area contributed by atoms with Gasteiger partial charge in [-0.25, -0.2) is 0 Å². The van der Waals surface area contributed by atoms with Crippen molar-refractivity contribution in [2.24, 2.45) is 5.92 Å². The summed E-state index contributed by atoms with van der Waals surface area (Å²) in [5, 5.41) is 39.6. The zero-order valence-electron chi connectivity index (χ0n) is 20.6. The average molecular weight is 515 g/mol. The minimum Gasteiger partial charge on any atom is -0.530 e. The van der Waals surface area contributed by atoms with Gasteiger partial charge in [0, 0.05) is 41.9 Å². The van der Waals surface area contributed by atoms with Gasteiger partial charge in [0.2, 0.25) is 0 Å². The van der Waals surface area contributed by atoms with Crippen LogP contribution in [0.5, 0.6) is 0 Å². The number of carboxylic acid groups (broad SMARTS) is 1. The molecule has 0 heterocycles. The van der Waals surface area contributed by atoms with Crippen LogP contribution in [-0.4, -0.2) is 57.8 Å². The van der Waals surface area contributed by atoms with Crippen LogP contribution in [0.1, 0.15) is 47.9 Å². The highest BCUT2D eigenvalue weighted by atomic mass is 16.6. The summed E-state index contributed by atoms with van der Waals surface area (Å²) < 4.78 is 0. The number of hydrogen-bond donors (Lipinski definition) is 2. The summed E-state index contributed by atoms with van der Waals surface area (Å²) in [6.07, 6.45) is -1.01. The van der Waals surface area contributed by atoms with E-state index >= 15 is 0 Å². The van der Waals surface area contributed by atoms with Gasteiger partial charge in [0.05, 0.1) is 21.9 Å². The molecule has 3 amide bonds. The molecule has 0 aliphatic rings. The number of rotatable bonds is 12. The topological polar surface area (TPSA) is 188 Å². The van der Waals surface area contributed by atoms with E-state index < -0.39 is 39.8 Å². The van der Waals surface area contributed by atoms with Crippen LogP contribution >= 0.6 is 0 Å². The molecule has 2 aromatic carbocycles.